The second kappa shape index (κ2) is 9.33. The van der Waals surface area contributed by atoms with Gasteiger partial charge in [-0.3, -0.25) is 9.69 Å². The molecule has 0 radical (unpaired) electrons. The third-order valence-electron chi connectivity index (χ3n) is 4.99. The average Bonchev–Trinajstić information content (AvgIpc) is 3.17. The maximum Gasteiger partial charge on any atom is 0.260 e. The molecule has 1 aromatic heterocycles. The van der Waals surface area contributed by atoms with Gasteiger partial charge in [-0.15, -0.1) is 0 Å². The number of methoxy groups -OCH3 is 1. The molecule has 0 bridgehead atoms. The van der Waals surface area contributed by atoms with Crippen molar-refractivity contribution >= 4 is 32.6 Å². The first-order chi connectivity index (χ1) is 14.0. The fourth-order valence-electron chi connectivity index (χ4n) is 3.22. The highest BCUT2D eigenvalue weighted by Gasteiger charge is 2.23. The molecule has 0 saturated carbocycles. The van der Waals surface area contributed by atoms with Gasteiger partial charge in [0.25, 0.3) is 5.91 Å². The van der Waals surface area contributed by atoms with E-state index in [-0.39, 0.29) is 5.91 Å². The number of nitrogens with zero attached hydrogens (tertiary/aromatic N) is 3. The van der Waals surface area contributed by atoms with Crippen LogP contribution in [0.15, 0.2) is 36.4 Å². The lowest BCUT2D eigenvalue weighted by Crippen LogP contribution is -2.38. The fraction of sp³-hybridized carbons (Fsp3) is 0.364. The molecular weight excluding hydrogens is 389 g/mol. The maximum atomic E-state index is 13.7. The van der Waals surface area contributed by atoms with E-state index in [0.29, 0.717) is 29.5 Å². The molecule has 0 unspecified atom stereocenters. The minimum absolute atomic E-state index is 0.257. The molecule has 0 saturated heterocycles. The number of benzene rings is 2. The maximum absolute atomic E-state index is 13.7. The summed E-state index contributed by atoms with van der Waals surface area (Å²) in [5, 5.41) is 0.592. The number of halogens is 1. The van der Waals surface area contributed by atoms with Gasteiger partial charge < -0.3 is 9.64 Å². The number of hydrogen-bond acceptors (Lipinski definition) is 5. The largest absolute Gasteiger partial charge is 0.494 e. The summed E-state index contributed by atoms with van der Waals surface area (Å²) in [6.45, 7) is 9.16. The van der Waals surface area contributed by atoms with Gasteiger partial charge in [0, 0.05) is 18.7 Å². The van der Waals surface area contributed by atoms with Crippen molar-refractivity contribution in [3.63, 3.8) is 0 Å². The van der Waals surface area contributed by atoms with Crippen LogP contribution in [0.4, 0.5) is 9.52 Å². The van der Waals surface area contributed by atoms with Crippen LogP contribution in [0.5, 0.6) is 5.75 Å². The van der Waals surface area contributed by atoms with E-state index in [0.717, 1.165) is 28.9 Å². The van der Waals surface area contributed by atoms with Gasteiger partial charge in [0.15, 0.2) is 5.13 Å². The number of rotatable bonds is 8. The summed E-state index contributed by atoms with van der Waals surface area (Å²) in [6, 6.07) is 9.66. The Hall–Kier alpha value is -2.51. The third kappa shape index (κ3) is 4.57. The first-order valence-corrected chi connectivity index (χ1v) is 10.5. The van der Waals surface area contributed by atoms with Gasteiger partial charge in [-0.1, -0.05) is 37.3 Å². The highest BCUT2D eigenvalue weighted by molar-refractivity contribution is 7.22. The molecule has 154 valence electrons. The monoisotopic (exact) mass is 415 g/mol. The molecule has 0 N–H and O–H groups in total. The Kier molecular flexibility index (Phi) is 6.82. The highest BCUT2D eigenvalue weighted by Crippen LogP contribution is 2.36. The van der Waals surface area contributed by atoms with Crippen LogP contribution in [-0.4, -0.2) is 49.1 Å². The fourth-order valence-corrected chi connectivity index (χ4v) is 4.30. The Balaban J connectivity index is 2.03. The molecule has 0 fully saturated rings. The van der Waals surface area contributed by atoms with Gasteiger partial charge in [0.2, 0.25) is 0 Å². The zero-order valence-corrected chi connectivity index (χ0v) is 18.1. The zero-order valence-electron chi connectivity index (χ0n) is 17.2. The number of likely N-dealkylation sites (N-methyl/N-ethyl adjacent to an activating group) is 1. The van der Waals surface area contributed by atoms with Crippen molar-refractivity contribution in [1.82, 2.24) is 9.88 Å². The number of carbonyl (C=O) groups is 1. The lowest BCUT2D eigenvalue weighted by molar-refractivity contribution is 0.0983. The number of hydrogen-bond donors (Lipinski definition) is 0. The van der Waals surface area contributed by atoms with Crippen LogP contribution in [0.3, 0.4) is 0 Å². The average molecular weight is 416 g/mol. The van der Waals surface area contributed by atoms with E-state index in [4.69, 9.17) is 9.72 Å². The molecule has 7 heteroatoms. The first kappa shape index (κ1) is 21.2. The molecule has 2 aromatic carbocycles. The van der Waals surface area contributed by atoms with Crippen LogP contribution in [-0.2, 0) is 0 Å². The van der Waals surface area contributed by atoms with Crippen LogP contribution in [0.25, 0.3) is 10.2 Å². The normalized spacial score (nSPS) is 11.2. The Bertz CT molecular complexity index is 1000. The molecule has 3 rings (SSSR count). The van der Waals surface area contributed by atoms with Crippen molar-refractivity contribution in [1.29, 1.82) is 0 Å². The number of carbonyl (C=O) groups excluding carboxylic acids is 1. The number of aromatic nitrogens is 1. The van der Waals surface area contributed by atoms with E-state index in [9.17, 15) is 9.18 Å². The predicted octanol–water partition coefficient (Wildman–Crippen LogP) is 4.74. The van der Waals surface area contributed by atoms with Crippen LogP contribution in [0.1, 0.15) is 29.8 Å². The van der Waals surface area contributed by atoms with Crippen molar-refractivity contribution in [2.75, 3.05) is 38.2 Å². The van der Waals surface area contributed by atoms with E-state index in [1.165, 1.54) is 23.5 Å². The minimum atomic E-state index is -0.429. The number of thiazole rings is 1. The van der Waals surface area contributed by atoms with E-state index in [2.05, 4.69) is 18.7 Å². The Labute approximate surface area is 174 Å². The van der Waals surface area contributed by atoms with Gasteiger partial charge >= 0.3 is 0 Å². The molecule has 0 atom stereocenters. The summed E-state index contributed by atoms with van der Waals surface area (Å²) in [6.07, 6.45) is 0. The van der Waals surface area contributed by atoms with E-state index in [1.54, 1.807) is 24.1 Å². The van der Waals surface area contributed by atoms with Crippen LogP contribution in [0, 0.1) is 12.7 Å². The zero-order chi connectivity index (χ0) is 21.0. The SMILES string of the molecule is CCN(CC)CCN(C(=O)c1cccc(F)c1)c1nc2c(OC)ccc(C)c2s1. The predicted molar refractivity (Wildman–Crippen MR) is 117 cm³/mol. The van der Waals surface area contributed by atoms with Crippen LogP contribution >= 0.6 is 11.3 Å². The summed E-state index contributed by atoms with van der Waals surface area (Å²) in [5.41, 5.74) is 2.13. The van der Waals surface area contributed by atoms with Gasteiger partial charge in [-0.2, -0.15) is 0 Å². The second-order valence-corrected chi connectivity index (χ2v) is 7.73. The van der Waals surface area contributed by atoms with E-state index in [1.807, 2.05) is 19.1 Å². The standard InChI is InChI=1S/C22H26FN3O2S/c1-5-25(6-2)12-13-26(21(27)16-8-7-9-17(23)14-16)22-24-19-18(28-4)11-10-15(3)20(19)29-22/h7-11,14H,5-6,12-13H2,1-4H3. The molecule has 5 nitrogen and oxygen atoms in total. The summed E-state index contributed by atoms with van der Waals surface area (Å²) < 4.78 is 20.2. The van der Waals surface area contributed by atoms with E-state index >= 15 is 0 Å². The van der Waals surface area contributed by atoms with Crippen molar-refractivity contribution in [2.24, 2.45) is 0 Å². The lowest BCUT2D eigenvalue weighted by atomic mass is 10.2. The number of amides is 1. The number of aryl methyl sites for hydroxylation is 1. The molecule has 0 aliphatic carbocycles. The van der Waals surface area contributed by atoms with Gasteiger partial charge in [-0.25, -0.2) is 9.37 Å². The number of fused-ring (bicyclic) bond motifs is 1. The molecular formula is C22H26FN3O2S. The minimum Gasteiger partial charge on any atom is -0.494 e. The lowest BCUT2D eigenvalue weighted by Gasteiger charge is -2.24. The topological polar surface area (TPSA) is 45.7 Å². The highest BCUT2D eigenvalue weighted by atomic mass is 32.1. The quantitative estimate of drug-likeness (QED) is 0.533. The molecule has 0 spiro atoms. The summed E-state index contributed by atoms with van der Waals surface area (Å²) >= 11 is 1.46. The van der Waals surface area contributed by atoms with Crippen molar-refractivity contribution in [2.45, 2.75) is 20.8 Å². The molecule has 1 amide bonds. The smallest absolute Gasteiger partial charge is 0.260 e. The number of anilines is 1. The first-order valence-electron chi connectivity index (χ1n) is 9.72. The van der Waals surface area contributed by atoms with Crippen LogP contribution in [0.2, 0.25) is 0 Å². The number of ether oxygens (including phenoxy) is 1. The van der Waals surface area contributed by atoms with Gasteiger partial charge in [-0.05, 0) is 49.8 Å². The molecule has 29 heavy (non-hydrogen) atoms. The van der Waals surface area contributed by atoms with Gasteiger partial charge in [0.05, 0.1) is 11.8 Å². The molecule has 3 aromatic rings. The van der Waals surface area contributed by atoms with Crippen molar-refractivity contribution in [3.05, 3.63) is 53.3 Å². The molecule has 1 heterocycles. The molecule has 0 aliphatic rings. The van der Waals surface area contributed by atoms with Crippen molar-refractivity contribution < 1.29 is 13.9 Å². The Morgan fingerprint density at radius 2 is 1.93 bits per heavy atom. The van der Waals surface area contributed by atoms with Crippen LogP contribution < -0.4 is 9.64 Å². The third-order valence-corrected chi connectivity index (χ3v) is 6.21. The second-order valence-electron chi connectivity index (χ2n) is 6.75. The Morgan fingerprint density at radius 1 is 1.17 bits per heavy atom. The summed E-state index contributed by atoms with van der Waals surface area (Å²) in [7, 11) is 1.61. The van der Waals surface area contributed by atoms with Crippen molar-refractivity contribution in [3.8, 4) is 5.75 Å². The molecule has 0 aliphatic heterocycles. The Morgan fingerprint density at radius 3 is 2.59 bits per heavy atom. The van der Waals surface area contributed by atoms with Gasteiger partial charge in [0.1, 0.15) is 17.1 Å². The summed E-state index contributed by atoms with van der Waals surface area (Å²) in [5.74, 6) is -0.0105. The van der Waals surface area contributed by atoms with E-state index < -0.39 is 5.82 Å². The summed E-state index contributed by atoms with van der Waals surface area (Å²) in [4.78, 5) is 21.9.